The topological polar surface area (TPSA) is 30.7 Å². The molecule has 3 aromatic rings. The van der Waals surface area contributed by atoms with Gasteiger partial charge in [-0.3, -0.25) is 0 Å². The number of hydrogen-bond acceptors (Lipinski definition) is 3. The third-order valence-corrected chi connectivity index (χ3v) is 5.58. The van der Waals surface area contributed by atoms with Gasteiger partial charge in [-0.25, -0.2) is 0 Å². The monoisotopic (exact) mass is 321 g/mol. The molecule has 0 aliphatic rings. The van der Waals surface area contributed by atoms with E-state index >= 15 is 0 Å². The first-order valence-electron chi connectivity index (χ1n) is 5.59. The fraction of sp³-hybridized carbons (Fsp3) is 0.154. The van der Waals surface area contributed by atoms with Crippen LogP contribution in [0.4, 0.5) is 0 Å². The Morgan fingerprint density at radius 3 is 2.44 bits per heavy atom. The standard InChI is InChI=1S/C13H11N3SSe/c1-8-7-9(2)15-13(14-8)16-12(17)10-5-3-4-6-11(10)18-16/h3-7H,1-2H3. The summed E-state index contributed by atoms with van der Waals surface area (Å²) in [6.07, 6.45) is 0. The van der Waals surface area contributed by atoms with E-state index in [0.29, 0.717) is 0 Å². The van der Waals surface area contributed by atoms with Gasteiger partial charge >= 0.3 is 116 Å². The predicted octanol–water partition coefficient (Wildman–Crippen LogP) is 2.82. The van der Waals surface area contributed by atoms with Gasteiger partial charge in [0.15, 0.2) is 0 Å². The van der Waals surface area contributed by atoms with E-state index in [1.807, 2.05) is 26.0 Å². The van der Waals surface area contributed by atoms with Crippen LogP contribution in [0.15, 0.2) is 30.3 Å². The minimum atomic E-state index is 0.147. The van der Waals surface area contributed by atoms with Gasteiger partial charge in [0.05, 0.1) is 0 Å². The van der Waals surface area contributed by atoms with Crippen molar-refractivity contribution in [1.82, 2.24) is 13.5 Å². The second-order valence-electron chi connectivity index (χ2n) is 4.14. The van der Waals surface area contributed by atoms with Crippen LogP contribution in [0.2, 0.25) is 0 Å². The molecule has 0 atom stereocenters. The van der Waals surface area contributed by atoms with Crippen molar-refractivity contribution in [1.29, 1.82) is 0 Å². The van der Waals surface area contributed by atoms with Crippen LogP contribution in [0.5, 0.6) is 0 Å². The summed E-state index contributed by atoms with van der Waals surface area (Å²) in [5.41, 5.74) is 1.96. The van der Waals surface area contributed by atoms with Crippen LogP contribution >= 0.6 is 12.2 Å². The fourth-order valence-electron chi connectivity index (χ4n) is 1.90. The Morgan fingerprint density at radius 1 is 1.11 bits per heavy atom. The Labute approximate surface area is 116 Å². The van der Waals surface area contributed by atoms with Gasteiger partial charge in [-0.1, -0.05) is 0 Å². The number of aromatic nitrogens is 3. The van der Waals surface area contributed by atoms with Crippen LogP contribution < -0.4 is 0 Å². The molecule has 2 aromatic heterocycles. The second-order valence-corrected chi connectivity index (χ2v) is 6.60. The first kappa shape index (κ1) is 11.8. The number of aryl methyl sites for hydroxylation is 2. The first-order valence-corrected chi connectivity index (χ1v) is 7.62. The summed E-state index contributed by atoms with van der Waals surface area (Å²) in [5.74, 6) is 0.730. The fourth-order valence-corrected chi connectivity index (χ4v) is 4.48. The molecule has 2 heterocycles. The molecule has 0 unspecified atom stereocenters. The molecule has 0 spiro atoms. The Morgan fingerprint density at radius 2 is 1.78 bits per heavy atom. The van der Waals surface area contributed by atoms with Gasteiger partial charge in [-0.2, -0.15) is 0 Å². The molecule has 0 aliphatic heterocycles. The zero-order valence-electron chi connectivity index (χ0n) is 10.0. The van der Waals surface area contributed by atoms with E-state index in [4.69, 9.17) is 12.2 Å². The number of hydrogen-bond donors (Lipinski definition) is 0. The Kier molecular flexibility index (Phi) is 2.90. The summed E-state index contributed by atoms with van der Waals surface area (Å²) >= 11 is 5.67. The van der Waals surface area contributed by atoms with Gasteiger partial charge in [-0.15, -0.1) is 0 Å². The minimum absolute atomic E-state index is 0.147. The normalized spacial score (nSPS) is 11.0. The van der Waals surface area contributed by atoms with Crippen molar-refractivity contribution in [2.45, 2.75) is 13.8 Å². The van der Waals surface area contributed by atoms with Crippen molar-refractivity contribution in [2.75, 3.05) is 0 Å². The average Bonchev–Trinajstić information content (AvgIpc) is 2.66. The average molecular weight is 320 g/mol. The van der Waals surface area contributed by atoms with Crippen molar-refractivity contribution >= 4 is 36.6 Å². The van der Waals surface area contributed by atoms with Crippen molar-refractivity contribution in [3.8, 4) is 5.95 Å². The number of fused-ring (bicyclic) bond motifs is 1. The molecule has 18 heavy (non-hydrogen) atoms. The summed E-state index contributed by atoms with van der Waals surface area (Å²) in [4.78, 5) is 8.98. The van der Waals surface area contributed by atoms with E-state index in [1.165, 1.54) is 4.26 Å². The molecular formula is C13H11N3SSe. The first-order chi connectivity index (χ1) is 8.65. The third-order valence-electron chi connectivity index (χ3n) is 2.64. The Bertz CT molecular complexity index is 768. The molecule has 3 nitrogen and oxygen atoms in total. The van der Waals surface area contributed by atoms with E-state index in [1.54, 1.807) is 0 Å². The van der Waals surface area contributed by atoms with Gasteiger partial charge < -0.3 is 0 Å². The van der Waals surface area contributed by atoms with Gasteiger partial charge in [0.1, 0.15) is 0 Å². The number of rotatable bonds is 1. The molecule has 0 aliphatic carbocycles. The van der Waals surface area contributed by atoms with Crippen LogP contribution in [0, 0.1) is 18.5 Å². The molecule has 0 saturated heterocycles. The number of benzene rings is 1. The third kappa shape index (κ3) is 1.94. The molecule has 0 N–H and O–H groups in total. The zero-order valence-corrected chi connectivity index (χ0v) is 12.6. The molecule has 90 valence electrons. The van der Waals surface area contributed by atoms with Gasteiger partial charge in [0.2, 0.25) is 0 Å². The SMILES string of the molecule is Cc1cc(C)nc(-n2[se]c3ccccc3c2=S)n1. The summed E-state index contributed by atoms with van der Waals surface area (Å²) in [7, 11) is 0. The molecule has 5 heteroatoms. The van der Waals surface area contributed by atoms with E-state index in [-0.39, 0.29) is 14.7 Å². The van der Waals surface area contributed by atoms with Crippen LogP contribution in [0.3, 0.4) is 0 Å². The van der Waals surface area contributed by atoms with E-state index < -0.39 is 0 Å². The quantitative estimate of drug-likeness (QED) is 0.510. The van der Waals surface area contributed by atoms with Crippen molar-refractivity contribution in [3.05, 3.63) is 46.4 Å². The van der Waals surface area contributed by atoms with Crippen LogP contribution in [-0.4, -0.2) is 28.3 Å². The Balaban J connectivity index is 2.31. The molecule has 0 fully saturated rings. The molecule has 0 radical (unpaired) electrons. The number of nitrogens with zero attached hydrogens (tertiary/aromatic N) is 3. The van der Waals surface area contributed by atoms with E-state index in [0.717, 1.165) is 27.4 Å². The molecule has 3 rings (SSSR count). The van der Waals surface area contributed by atoms with Crippen molar-refractivity contribution in [2.24, 2.45) is 0 Å². The maximum atomic E-state index is 5.53. The van der Waals surface area contributed by atoms with Gasteiger partial charge in [0, 0.05) is 0 Å². The zero-order chi connectivity index (χ0) is 12.7. The van der Waals surface area contributed by atoms with Crippen molar-refractivity contribution in [3.63, 3.8) is 0 Å². The molecule has 0 saturated carbocycles. The summed E-state index contributed by atoms with van der Waals surface area (Å²) < 4.78 is 4.21. The predicted molar refractivity (Wildman–Crippen MR) is 76.1 cm³/mol. The molecule has 0 bridgehead atoms. The van der Waals surface area contributed by atoms with Crippen LogP contribution in [-0.2, 0) is 0 Å². The summed E-state index contributed by atoms with van der Waals surface area (Å²) in [6.45, 7) is 3.97. The van der Waals surface area contributed by atoms with Crippen molar-refractivity contribution < 1.29 is 0 Å². The van der Waals surface area contributed by atoms with E-state index in [2.05, 4.69) is 31.7 Å². The van der Waals surface area contributed by atoms with Gasteiger partial charge in [-0.05, 0) is 0 Å². The summed E-state index contributed by atoms with van der Waals surface area (Å²) in [5, 5.41) is 1.15. The Hall–Kier alpha value is -1.29. The van der Waals surface area contributed by atoms with Gasteiger partial charge in [0.25, 0.3) is 0 Å². The van der Waals surface area contributed by atoms with E-state index in [9.17, 15) is 0 Å². The second kappa shape index (κ2) is 4.43. The summed E-state index contributed by atoms with van der Waals surface area (Å²) in [6, 6.07) is 10.2. The van der Waals surface area contributed by atoms with Crippen LogP contribution in [0.1, 0.15) is 11.4 Å². The molecular weight excluding hydrogens is 309 g/mol. The molecule has 0 amide bonds. The molecule has 1 aromatic carbocycles. The maximum absolute atomic E-state index is 5.53. The van der Waals surface area contributed by atoms with Crippen LogP contribution in [0.25, 0.3) is 15.6 Å².